The second-order valence-electron chi connectivity index (χ2n) is 4.56. The van der Waals surface area contributed by atoms with E-state index in [4.69, 9.17) is 4.74 Å². The Morgan fingerprint density at radius 3 is 2.95 bits per heavy atom. The van der Waals surface area contributed by atoms with Crippen LogP contribution >= 0.6 is 0 Å². The summed E-state index contributed by atoms with van der Waals surface area (Å²) in [4.78, 5) is 11.7. The van der Waals surface area contributed by atoms with Crippen LogP contribution in [0.5, 0.6) is 0 Å². The van der Waals surface area contributed by atoms with Gasteiger partial charge in [0, 0.05) is 25.1 Å². The van der Waals surface area contributed by atoms with E-state index in [9.17, 15) is 13.6 Å². The van der Waals surface area contributed by atoms with E-state index >= 15 is 0 Å². The minimum Gasteiger partial charge on any atom is -0.378 e. The third-order valence-electron chi connectivity index (χ3n) is 2.95. The van der Waals surface area contributed by atoms with E-state index in [1.54, 1.807) is 0 Å². The highest BCUT2D eigenvalue weighted by Crippen LogP contribution is 2.19. The van der Waals surface area contributed by atoms with Crippen molar-refractivity contribution in [3.05, 3.63) is 29.3 Å². The summed E-state index contributed by atoms with van der Waals surface area (Å²) >= 11 is 0. The maximum Gasteiger partial charge on any atom is 0.226 e. The third kappa shape index (κ3) is 3.71. The minimum absolute atomic E-state index is 0.0906. The van der Waals surface area contributed by atoms with Crippen LogP contribution in [-0.4, -0.2) is 31.7 Å². The molecule has 1 aromatic rings. The topological polar surface area (TPSA) is 50.4 Å². The molecule has 1 aromatic carbocycles. The lowest BCUT2D eigenvalue weighted by Gasteiger charge is -2.23. The average Bonchev–Trinajstić information content (AvgIpc) is 2.37. The van der Waals surface area contributed by atoms with Gasteiger partial charge >= 0.3 is 0 Å². The molecule has 1 amide bonds. The Hall–Kier alpha value is -1.53. The normalized spacial score (nSPS) is 19.2. The van der Waals surface area contributed by atoms with Crippen LogP contribution in [0.3, 0.4) is 0 Å². The molecule has 2 rings (SSSR count). The molecule has 0 bridgehead atoms. The van der Waals surface area contributed by atoms with Crippen molar-refractivity contribution in [3.8, 4) is 0 Å². The van der Waals surface area contributed by atoms with Crippen molar-refractivity contribution >= 4 is 11.6 Å². The first-order valence-corrected chi connectivity index (χ1v) is 6.13. The Balaban J connectivity index is 1.96. The zero-order valence-corrected chi connectivity index (χ0v) is 10.6. The number of hydrogen-bond acceptors (Lipinski definition) is 3. The van der Waals surface area contributed by atoms with Gasteiger partial charge in [-0.25, -0.2) is 8.78 Å². The molecule has 104 valence electrons. The lowest BCUT2D eigenvalue weighted by molar-refractivity contribution is -0.117. The Bertz CT molecular complexity index is 474. The number of nitrogens with one attached hydrogen (secondary N) is 2. The number of carbonyl (C=O) groups is 1. The molecule has 0 radical (unpaired) electrons. The van der Waals surface area contributed by atoms with Crippen molar-refractivity contribution in [2.75, 3.05) is 25.1 Å². The molecule has 1 atom stereocenters. The molecule has 1 aliphatic heterocycles. The summed E-state index contributed by atoms with van der Waals surface area (Å²) in [6.07, 6.45) is 0.162. The summed E-state index contributed by atoms with van der Waals surface area (Å²) in [7, 11) is 0. The number of ether oxygens (including phenoxy) is 1. The fraction of sp³-hybridized carbons (Fsp3) is 0.462. The summed E-state index contributed by atoms with van der Waals surface area (Å²) in [5, 5.41) is 5.49. The lowest BCUT2D eigenvalue weighted by atomic mass is 10.1. The average molecular weight is 270 g/mol. The van der Waals surface area contributed by atoms with Crippen LogP contribution in [0, 0.1) is 18.6 Å². The molecular weight excluding hydrogens is 254 g/mol. The van der Waals surface area contributed by atoms with Crippen LogP contribution < -0.4 is 10.6 Å². The smallest absolute Gasteiger partial charge is 0.226 e. The number of benzene rings is 1. The fourth-order valence-electron chi connectivity index (χ4n) is 1.92. The fourth-order valence-corrected chi connectivity index (χ4v) is 1.92. The molecule has 1 fully saturated rings. The van der Waals surface area contributed by atoms with Crippen molar-refractivity contribution < 1.29 is 18.3 Å². The molecule has 6 heteroatoms. The van der Waals surface area contributed by atoms with Crippen LogP contribution in [0.2, 0.25) is 0 Å². The molecule has 0 spiro atoms. The quantitative estimate of drug-likeness (QED) is 0.877. The van der Waals surface area contributed by atoms with E-state index in [-0.39, 0.29) is 29.6 Å². The molecule has 19 heavy (non-hydrogen) atoms. The monoisotopic (exact) mass is 270 g/mol. The summed E-state index contributed by atoms with van der Waals surface area (Å²) in [6.45, 7) is 3.22. The van der Waals surface area contributed by atoms with Crippen molar-refractivity contribution in [1.29, 1.82) is 0 Å². The Morgan fingerprint density at radius 2 is 2.26 bits per heavy atom. The van der Waals surface area contributed by atoms with E-state index in [1.807, 2.05) is 0 Å². The van der Waals surface area contributed by atoms with Crippen LogP contribution in [0.25, 0.3) is 0 Å². The number of anilines is 1. The van der Waals surface area contributed by atoms with Crippen LogP contribution in [-0.2, 0) is 9.53 Å². The molecule has 1 aliphatic rings. The number of carbonyl (C=O) groups excluding carboxylic acids is 1. The maximum absolute atomic E-state index is 13.5. The zero-order valence-electron chi connectivity index (χ0n) is 10.6. The van der Waals surface area contributed by atoms with Crippen molar-refractivity contribution in [1.82, 2.24) is 5.32 Å². The van der Waals surface area contributed by atoms with Gasteiger partial charge in [-0.15, -0.1) is 0 Å². The minimum atomic E-state index is -0.639. The number of rotatable bonds is 3. The number of amides is 1. The molecule has 0 aliphatic carbocycles. The number of halogens is 2. The summed E-state index contributed by atoms with van der Waals surface area (Å²) in [5.41, 5.74) is 0.0719. The van der Waals surface area contributed by atoms with E-state index in [0.29, 0.717) is 19.8 Å². The van der Waals surface area contributed by atoms with Gasteiger partial charge in [0.15, 0.2) is 0 Å². The van der Waals surface area contributed by atoms with Crippen molar-refractivity contribution in [2.24, 2.45) is 0 Å². The summed E-state index contributed by atoms with van der Waals surface area (Å²) in [6, 6.07) is 1.97. The highest BCUT2D eigenvalue weighted by Gasteiger charge is 2.18. The standard InChI is InChI=1S/C13H16F2N2O2/c1-8-4-11(15)12(6-10(8)14)17-13(18)5-9-7-19-3-2-16-9/h4,6,9,16H,2-3,5,7H2,1H3,(H,17,18). The molecule has 1 unspecified atom stereocenters. The van der Waals surface area contributed by atoms with Crippen molar-refractivity contribution in [2.45, 2.75) is 19.4 Å². The lowest BCUT2D eigenvalue weighted by Crippen LogP contribution is -2.43. The van der Waals surface area contributed by atoms with Gasteiger partial charge in [0.25, 0.3) is 0 Å². The number of hydrogen-bond donors (Lipinski definition) is 2. The first-order chi connectivity index (χ1) is 9.06. The maximum atomic E-state index is 13.5. The predicted octanol–water partition coefficient (Wildman–Crippen LogP) is 1.59. The van der Waals surface area contributed by atoms with Gasteiger partial charge in [0.1, 0.15) is 11.6 Å². The van der Waals surface area contributed by atoms with Gasteiger partial charge in [-0.1, -0.05) is 0 Å². The number of aryl methyl sites for hydroxylation is 1. The molecule has 2 N–H and O–H groups in total. The first kappa shape index (κ1) is 13.9. The Morgan fingerprint density at radius 1 is 1.47 bits per heavy atom. The van der Waals surface area contributed by atoms with E-state index in [1.165, 1.54) is 6.92 Å². The Kier molecular flexibility index (Phi) is 4.44. The molecule has 0 aromatic heterocycles. The second-order valence-corrected chi connectivity index (χ2v) is 4.56. The van der Waals surface area contributed by atoms with Gasteiger partial charge in [0.2, 0.25) is 5.91 Å². The van der Waals surface area contributed by atoms with Gasteiger partial charge in [-0.05, 0) is 18.6 Å². The molecule has 1 heterocycles. The van der Waals surface area contributed by atoms with E-state index < -0.39 is 11.6 Å². The molecule has 4 nitrogen and oxygen atoms in total. The second kappa shape index (κ2) is 6.08. The van der Waals surface area contributed by atoms with Gasteiger partial charge < -0.3 is 15.4 Å². The molecule has 0 saturated carbocycles. The van der Waals surface area contributed by atoms with Crippen LogP contribution in [0.1, 0.15) is 12.0 Å². The Labute approximate surface area is 110 Å². The highest BCUT2D eigenvalue weighted by atomic mass is 19.1. The van der Waals surface area contributed by atoms with Crippen molar-refractivity contribution in [3.63, 3.8) is 0 Å². The predicted molar refractivity (Wildman–Crippen MR) is 67.0 cm³/mol. The van der Waals surface area contributed by atoms with Crippen LogP contribution in [0.15, 0.2) is 12.1 Å². The summed E-state index contributed by atoms with van der Waals surface area (Å²) in [5.74, 6) is -1.55. The van der Waals surface area contributed by atoms with E-state index in [0.717, 1.165) is 12.1 Å². The van der Waals surface area contributed by atoms with Crippen LogP contribution in [0.4, 0.5) is 14.5 Å². The zero-order chi connectivity index (χ0) is 13.8. The van der Waals surface area contributed by atoms with E-state index in [2.05, 4.69) is 10.6 Å². The van der Waals surface area contributed by atoms with Gasteiger partial charge in [0.05, 0.1) is 18.9 Å². The number of morpholine rings is 1. The first-order valence-electron chi connectivity index (χ1n) is 6.13. The molecule has 1 saturated heterocycles. The highest BCUT2D eigenvalue weighted by molar-refractivity contribution is 5.91. The largest absolute Gasteiger partial charge is 0.378 e. The third-order valence-corrected chi connectivity index (χ3v) is 2.95. The SMILES string of the molecule is Cc1cc(F)c(NC(=O)CC2COCCN2)cc1F. The molecular formula is C13H16F2N2O2. The van der Waals surface area contributed by atoms with Gasteiger partial charge in [-0.3, -0.25) is 4.79 Å². The van der Waals surface area contributed by atoms with Gasteiger partial charge in [-0.2, -0.15) is 0 Å². The summed E-state index contributed by atoms with van der Waals surface area (Å²) < 4.78 is 32.1.